The molecule has 0 fully saturated rings. The third-order valence-corrected chi connectivity index (χ3v) is 2.82. The Morgan fingerprint density at radius 3 is 2.67 bits per heavy atom. The van der Waals surface area contributed by atoms with E-state index in [2.05, 4.69) is 5.32 Å². The third-order valence-electron chi connectivity index (χ3n) is 2.82. The third kappa shape index (κ3) is 4.04. The van der Waals surface area contributed by atoms with E-state index in [4.69, 9.17) is 10.5 Å². The largest absolute Gasteiger partial charge is 0.497 e. The fourth-order valence-corrected chi connectivity index (χ4v) is 1.47. The van der Waals surface area contributed by atoms with Crippen molar-refractivity contribution in [1.29, 1.82) is 0 Å². The minimum atomic E-state index is -0.511. The smallest absolute Gasteiger partial charge is 0.237 e. The van der Waals surface area contributed by atoms with E-state index in [9.17, 15) is 4.79 Å². The van der Waals surface area contributed by atoms with Gasteiger partial charge in [-0.15, -0.1) is 0 Å². The van der Waals surface area contributed by atoms with E-state index in [0.29, 0.717) is 6.54 Å². The van der Waals surface area contributed by atoms with Crippen LogP contribution in [0.1, 0.15) is 26.3 Å². The van der Waals surface area contributed by atoms with Gasteiger partial charge in [-0.05, 0) is 23.1 Å². The molecule has 0 aliphatic heterocycles. The second-order valence-electron chi connectivity index (χ2n) is 5.41. The van der Waals surface area contributed by atoms with Crippen molar-refractivity contribution >= 4 is 5.91 Å². The van der Waals surface area contributed by atoms with Gasteiger partial charge in [-0.25, -0.2) is 0 Å². The normalized spacial score (nSPS) is 12.9. The number of nitrogens with two attached hydrogens (primary N) is 1. The molecule has 1 amide bonds. The number of benzene rings is 1. The van der Waals surface area contributed by atoms with Crippen LogP contribution in [-0.4, -0.2) is 19.1 Å². The lowest BCUT2D eigenvalue weighted by Gasteiger charge is -2.25. The van der Waals surface area contributed by atoms with Gasteiger partial charge in [-0.1, -0.05) is 32.9 Å². The highest BCUT2D eigenvalue weighted by Gasteiger charge is 2.26. The second-order valence-corrected chi connectivity index (χ2v) is 5.41. The van der Waals surface area contributed by atoms with E-state index in [1.807, 2.05) is 45.0 Å². The van der Waals surface area contributed by atoms with Crippen molar-refractivity contribution in [3.8, 4) is 5.75 Å². The molecule has 1 aromatic carbocycles. The average Bonchev–Trinajstić information content (AvgIpc) is 2.34. The number of rotatable bonds is 4. The molecule has 0 radical (unpaired) electrons. The molecular formula is C14H22N2O2. The molecule has 0 saturated carbocycles. The standard InChI is InChI=1S/C14H22N2O2/c1-14(2,3)12(15)13(17)16-9-10-6-5-7-11(8-10)18-4/h5-8,12H,9,15H2,1-4H3,(H,16,17). The quantitative estimate of drug-likeness (QED) is 0.854. The lowest BCUT2D eigenvalue weighted by molar-refractivity contribution is -0.124. The Balaban J connectivity index is 2.57. The predicted molar refractivity (Wildman–Crippen MR) is 72.3 cm³/mol. The second kappa shape index (κ2) is 5.87. The molecule has 0 aliphatic carbocycles. The molecule has 1 unspecified atom stereocenters. The van der Waals surface area contributed by atoms with Gasteiger partial charge in [0, 0.05) is 6.54 Å². The molecule has 0 saturated heterocycles. The van der Waals surface area contributed by atoms with Crippen molar-refractivity contribution < 1.29 is 9.53 Å². The lowest BCUT2D eigenvalue weighted by Crippen LogP contribution is -2.48. The molecule has 1 rings (SSSR count). The maximum Gasteiger partial charge on any atom is 0.237 e. The number of ether oxygens (including phenoxy) is 1. The van der Waals surface area contributed by atoms with Crippen molar-refractivity contribution in [2.75, 3.05) is 7.11 Å². The Bertz CT molecular complexity index is 411. The fraction of sp³-hybridized carbons (Fsp3) is 0.500. The summed E-state index contributed by atoms with van der Waals surface area (Å²) >= 11 is 0. The molecule has 0 aromatic heterocycles. The first-order valence-corrected chi connectivity index (χ1v) is 6.01. The Labute approximate surface area is 109 Å². The number of hydrogen-bond acceptors (Lipinski definition) is 3. The SMILES string of the molecule is COc1cccc(CNC(=O)C(N)C(C)(C)C)c1. The zero-order chi connectivity index (χ0) is 13.8. The van der Waals surface area contributed by atoms with Gasteiger partial charge in [0.05, 0.1) is 13.2 Å². The molecule has 4 nitrogen and oxygen atoms in total. The first-order chi connectivity index (χ1) is 8.34. The van der Waals surface area contributed by atoms with Crippen LogP contribution >= 0.6 is 0 Å². The molecule has 4 heteroatoms. The maximum atomic E-state index is 11.9. The first-order valence-electron chi connectivity index (χ1n) is 6.01. The Morgan fingerprint density at radius 2 is 2.11 bits per heavy atom. The molecule has 18 heavy (non-hydrogen) atoms. The van der Waals surface area contributed by atoms with Crippen LogP contribution in [0.4, 0.5) is 0 Å². The average molecular weight is 250 g/mol. The molecule has 0 aliphatic rings. The summed E-state index contributed by atoms with van der Waals surface area (Å²) < 4.78 is 5.13. The number of carbonyl (C=O) groups excluding carboxylic acids is 1. The van der Waals surface area contributed by atoms with Gasteiger partial charge >= 0.3 is 0 Å². The van der Waals surface area contributed by atoms with Crippen LogP contribution in [-0.2, 0) is 11.3 Å². The zero-order valence-electron chi connectivity index (χ0n) is 11.5. The van der Waals surface area contributed by atoms with Crippen LogP contribution in [0.2, 0.25) is 0 Å². The Kier molecular flexibility index (Phi) is 4.73. The first kappa shape index (κ1) is 14.5. The lowest BCUT2D eigenvalue weighted by atomic mass is 9.87. The monoisotopic (exact) mass is 250 g/mol. The number of methoxy groups -OCH3 is 1. The van der Waals surface area contributed by atoms with Crippen molar-refractivity contribution in [3.05, 3.63) is 29.8 Å². The number of amides is 1. The highest BCUT2D eigenvalue weighted by molar-refractivity contribution is 5.82. The van der Waals surface area contributed by atoms with E-state index < -0.39 is 6.04 Å². The van der Waals surface area contributed by atoms with E-state index in [1.54, 1.807) is 7.11 Å². The zero-order valence-corrected chi connectivity index (χ0v) is 11.5. The van der Waals surface area contributed by atoms with E-state index in [-0.39, 0.29) is 11.3 Å². The fourth-order valence-electron chi connectivity index (χ4n) is 1.47. The molecule has 100 valence electrons. The van der Waals surface area contributed by atoms with Crippen LogP contribution in [0.3, 0.4) is 0 Å². The minimum Gasteiger partial charge on any atom is -0.497 e. The molecular weight excluding hydrogens is 228 g/mol. The molecule has 0 heterocycles. The summed E-state index contributed by atoms with van der Waals surface area (Å²) in [5.41, 5.74) is 6.63. The van der Waals surface area contributed by atoms with Crippen molar-refractivity contribution in [1.82, 2.24) is 5.32 Å². The van der Waals surface area contributed by atoms with Gasteiger partial charge in [0.15, 0.2) is 0 Å². The highest BCUT2D eigenvalue weighted by Crippen LogP contribution is 2.17. The Morgan fingerprint density at radius 1 is 1.44 bits per heavy atom. The number of carbonyl (C=O) groups is 1. The summed E-state index contributed by atoms with van der Waals surface area (Å²) in [6.07, 6.45) is 0. The van der Waals surface area contributed by atoms with Gasteiger partial charge in [0.2, 0.25) is 5.91 Å². The summed E-state index contributed by atoms with van der Waals surface area (Å²) in [5.74, 6) is 0.646. The molecule has 3 N–H and O–H groups in total. The van der Waals surface area contributed by atoms with Crippen LogP contribution in [0, 0.1) is 5.41 Å². The molecule has 1 aromatic rings. The molecule has 0 bridgehead atoms. The summed E-state index contributed by atoms with van der Waals surface area (Å²) in [5, 5.41) is 2.84. The van der Waals surface area contributed by atoms with Crippen molar-refractivity contribution in [2.24, 2.45) is 11.1 Å². The number of hydrogen-bond donors (Lipinski definition) is 2. The minimum absolute atomic E-state index is 0.134. The predicted octanol–water partition coefficient (Wildman–Crippen LogP) is 1.68. The van der Waals surface area contributed by atoms with Crippen molar-refractivity contribution in [3.63, 3.8) is 0 Å². The number of nitrogens with one attached hydrogen (secondary N) is 1. The topological polar surface area (TPSA) is 64.3 Å². The van der Waals surface area contributed by atoms with Gasteiger partial charge in [-0.2, -0.15) is 0 Å². The van der Waals surface area contributed by atoms with Gasteiger partial charge in [-0.3, -0.25) is 4.79 Å². The van der Waals surface area contributed by atoms with Crippen LogP contribution < -0.4 is 15.8 Å². The van der Waals surface area contributed by atoms with Crippen LogP contribution in [0.25, 0.3) is 0 Å². The van der Waals surface area contributed by atoms with Gasteiger partial charge < -0.3 is 15.8 Å². The highest BCUT2D eigenvalue weighted by atomic mass is 16.5. The molecule has 1 atom stereocenters. The summed E-state index contributed by atoms with van der Waals surface area (Å²) in [6.45, 7) is 6.30. The van der Waals surface area contributed by atoms with E-state index in [1.165, 1.54) is 0 Å². The van der Waals surface area contributed by atoms with Crippen LogP contribution in [0.15, 0.2) is 24.3 Å². The van der Waals surface area contributed by atoms with Gasteiger partial charge in [0.1, 0.15) is 5.75 Å². The van der Waals surface area contributed by atoms with Gasteiger partial charge in [0.25, 0.3) is 0 Å². The summed E-state index contributed by atoms with van der Waals surface area (Å²) in [4.78, 5) is 11.9. The van der Waals surface area contributed by atoms with Crippen molar-refractivity contribution in [2.45, 2.75) is 33.4 Å². The molecule has 0 spiro atoms. The van der Waals surface area contributed by atoms with E-state index in [0.717, 1.165) is 11.3 Å². The summed E-state index contributed by atoms with van der Waals surface area (Å²) in [7, 11) is 1.62. The van der Waals surface area contributed by atoms with Crippen LogP contribution in [0.5, 0.6) is 5.75 Å². The summed E-state index contributed by atoms with van der Waals surface area (Å²) in [6, 6.07) is 7.08. The Hall–Kier alpha value is -1.55. The van der Waals surface area contributed by atoms with E-state index >= 15 is 0 Å². The maximum absolute atomic E-state index is 11.9.